The van der Waals surface area contributed by atoms with Crippen LogP contribution in [0.2, 0.25) is 0 Å². The lowest BCUT2D eigenvalue weighted by atomic mass is 10.2. The average Bonchev–Trinajstić information content (AvgIpc) is 3.12. The highest BCUT2D eigenvalue weighted by molar-refractivity contribution is 7.21. The van der Waals surface area contributed by atoms with Crippen LogP contribution in [0.25, 0.3) is 10.2 Å². The summed E-state index contributed by atoms with van der Waals surface area (Å²) in [6.07, 6.45) is 0. The van der Waals surface area contributed by atoms with Gasteiger partial charge in [-0.25, -0.2) is 4.98 Å². The number of thiazole rings is 1. The van der Waals surface area contributed by atoms with Crippen molar-refractivity contribution in [1.29, 1.82) is 0 Å². The van der Waals surface area contributed by atoms with Gasteiger partial charge in [0.15, 0.2) is 0 Å². The second-order valence-electron chi connectivity index (χ2n) is 5.44. The Hall–Kier alpha value is -3.38. The monoisotopic (exact) mass is 357 g/mol. The number of amidine groups is 1. The molecular weight excluding hydrogens is 342 g/mol. The lowest BCUT2D eigenvalue weighted by molar-refractivity contribution is 1.21. The summed E-state index contributed by atoms with van der Waals surface area (Å²) in [7, 11) is 0. The first-order valence-electron chi connectivity index (χ1n) is 8.10. The van der Waals surface area contributed by atoms with Crippen LogP contribution in [0.1, 0.15) is 5.56 Å². The molecule has 0 amide bonds. The van der Waals surface area contributed by atoms with Crippen molar-refractivity contribution in [3.05, 3.63) is 90.5 Å². The molecule has 0 atom stereocenters. The predicted octanol–water partition coefficient (Wildman–Crippen LogP) is 5.85. The molecule has 0 fully saturated rings. The number of hydrogen-bond acceptors (Lipinski definition) is 5. The second-order valence-corrected chi connectivity index (χ2v) is 6.45. The Morgan fingerprint density at radius 1 is 0.808 bits per heavy atom. The molecule has 3 aromatic carbocycles. The second kappa shape index (κ2) is 7.67. The molecule has 0 bridgehead atoms. The molecule has 5 nitrogen and oxygen atoms in total. The lowest BCUT2D eigenvalue weighted by Crippen LogP contribution is -2.00. The van der Waals surface area contributed by atoms with Crippen LogP contribution in [0.4, 0.5) is 10.8 Å². The fourth-order valence-electron chi connectivity index (χ4n) is 2.36. The topological polar surface area (TPSA) is 62.0 Å². The highest BCUT2D eigenvalue weighted by Crippen LogP contribution is 2.28. The van der Waals surface area contributed by atoms with E-state index in [1.165, 1.54) is 11.3 Å². The maximum atomic E-state index is 4.48. The predicted molar refractivity (Wildman–Crippen MR) is 107 cm³/mol. The number of hydrogen-bond donors (Lipinski definition) is 1. The first kappa shape index (κ1) is 16.1. The summed E-state index contributed by atoms with van der Waals surface area (Å²) in [5.41, 5.74) is 5.71. The molecule has 0 radical (unpaired) electrons. The zero-order chi connectivity index (χ0) is 17.6. The van der Waals surface area contributed by atoms with E-state index in [2.05, 4.69) is 25.7 Å². The number of aromatic nitrogens is 1. The fraction of sp³-hybridized carbons (Fsp3) is 0. The van der Waals surface area contributed by atoms with E-state index in [1.807, 2.05) is 84.9 Å². The van der Waals surface area contributed by atoms with Crippen molar-refractivity contribution in [2.75, 3.05) is 5.43 Å². The Morgan fingerprint density at radius 2 is 1.50 bits per heavy atom. The number of fused-ring (bicyclic) bond motifs is 1. The van der Waals surface area contributed by atoms with Gasteiger partial charge in [0.2, 0.25) is 11.0 Å². The minimum absolute atomic E-state index is 0.494. The molecule has 26 heavy (non-hydrogen) atoms. The maximum Gasteiger partial charge on any atom is 0.231 e. The highest BCUT2D eigenvalue weighted by atomic mass is 32.1. The van der Waals surface area contributed by atoms with Gasteiger partial charge in [0.25, 0.3) is 0 Å². The first-order chi connectivity index (χ1) is 12.9. The first-order valence-corrected chi connectivity index (χ1v) is 8.92. The molecule has 1 heterocycles. The number of azo groups is 1. The highest BCUT2D eigenvalue weighted by Gasteiger charge is 2.05. The van der Waals surface area contributed by atoms with Crippen LogP contribution in [0.3, 0.4) is 0 Å². The van der Waals surface area contributed by atoms with Crippen LogP contribution in [0.15, 0.2) is 100 Å². The number of rotatable bonds is 4. The number of nitrogens with one attached hydrogen (secondary N) is 1. The molecule has 6 heteroatoms. The summed E-state index contributed by atoms with van der Waals surface area (Å²) in [6, 6.07) is 27.4. The molecule has 0 aliphatic carbocycles. The molecule has 126 valence electrons. The van der Waals surface area contributed by atoms with Crippen molar-refractivity contribution in [2.45, 2.75) is 0 Å². The van der Waals surface area contributed by atoms with Crippen molar-refractivity contribution in [3.63, 3.8) is 0 Å². The quantitative estimate of drug-likeness (QED) is 0.215. The maximum absolute atomic E-state index is 4.48. The molecule has 0 aliphatic rings. The molecule has 0 saturated carbocycles. The van der Waals surface area contributed by atoms with E-state index < -0.39 is 0 Å². The Labute approximate surface area is 154 Å². The Morgan fingerprint density at radius 3 is 2.27 bits per heavy atom. The van der Waals surface area contributed by atoms with Gasteiger partial charge in [-0.3, -0.25) is 5.43 Å². The van der Waals surface area contributed by atoms with Crippen LogP contribution < -0.4 is 5.43 Å². The van der Waals surface area contributed by atoms with Gasteiger partial charge in [-0.15, -0.1) is 10.2 Å². The van der Waals surface area contributed by atoms with Crippen molar-refractivity contribution in [1.82, 2.24) is 4.98 Å². The summed E-state index contributed by atoms with van der Waals surface area (Å²) in [4.78, 5) is 4.48. The molecule has 0 spiro atoms. The average molecular weight is 357 g/mol. The van der Waals surface area contributed by atoms with Crippen molar-refractivity contribution < 1.29 is 0 Å². The minimum Gasteiger partial charge on any atom is -0.276 e. The number of anilines is 1. The van der Waals surface area contributed by atoms with Crippen molar-refractivity contribution in [3.8, 4) is 0 Å². The molecule has 4 aromatic rings. The Kier molecular flexibility index (Phi) is 4.75. The Bertz CT molecular complexity index is 1020. The van der Waals surface area contributed by atoms with Gasteiger partial charge in [0, 0.05) is 5.56 Å². The molecule has 0 unspecified atom stereocenters. The molecule has 0 saturated heterocycles. The lowest BCUT2D eigenvalue weighted by Gasteiger charge is -2.02. The van der Waals surface area contributed by atoms with Gasteiger partial charge in [-0.2, -0.15) is 5.10 Å². The van der Waals surface area contributed by atoms with Crippen molar-refractivity contribution >= 4 is 38.2 Å². The normalized spacial score (nSPS) is 11.9. The summed E-state index contributed by atoms with van der Waals surface area (Å²) in [6.45, 7) is 0. The molecule has 4 rings (SSSR count). The van der Waals surface area contributed by atoms with E-state index in [4.69, 9.17) is 0 Å². The van der Waals surface area contributed by atoms with E-state index in [1.54, 1.807) is 0 Å². The van der Waals surface area contributed by atoms with E-state index in [-0.39, 0.29) is 0 Å². The van der Waals surface area contributed by atoms with Gasteiger partial charge in [-0.05, 0) is 24.3 Å². The number of para-hydroxylation sites is 2. The number of nitrogens with zero attached hydrogens (tertiary/aromatic N) is 4. The molecular formula is C20H15N5S. The van der Waals surface area contributed by atoms with Gasteiger partial charge in [0.1, 0.15) is 0 Å². The van der Waals surface area contributed by atoms with E-state index in [0.717, 1.165) is 21.5 Å². The smallest absolute Gasteiger partial charge is 0.231 e. The van der Waals surface area contributed by atoms with Crippen LogP contribution in [-0.2, 0) is 0 Å². The van der Waals surface area contributed by atoms with Gasteiger partial charge in [0.05, 0.1) is 15.9 Å². The van der Waals surface area contributed by atoms with Gasteiger partial charge >= 0.3 is 0 Å². The van der Waals surface area contributed by atoms with E-state index >= 15 is 0 Å². The zero-order valence-electron chi connectivity index (χ0n) is 13.8. The third-order valence-electron chi connectivity index (χ3n) is 3.61. The molecule has 1 N–H and O–H groups in total. The van der Waals surface area contributed by atoms with Crippen LogP contribution >= 0.6 is 11.3 Å². The number of benzene rings is 3. The van der Waals surface area contributed by atoms with E-state index in [0.29, 0.717) is 11.0 Å². The number of hydrazone groups is 1. The minimum atomic E-state index is 0.494. The van der Waals surface area contributed by atoms with Crippen LogP contribution in [-0.4, -0.2) is 10.8 Å². The van der Waals surface area contributed by atoms with Gasteiger partial charge < -0.3 is 0 Å². The summed E-state index contributed by atoms with van der Waals surface area (Å²) in [5.74, 6) is 0.494. The molecule has 1 aromatic heterocycles. The standard InChI is InChI=1S/C20H15N5S/c1-3-9-15(10-4-1)19(23-22-16-11-5-2-6-12-16)24-25-20-21-17-13-7-8-14-18(17)26-20/h1-14,22H. The fourth-order valence-corrected chi connectivity index (χ4v) is 3.14. The summed E-state index contributed by atoms with van der Waals surface area (Å²) >= 11 is 1.50. The largest absolute Gasteiger partial charge is 0.276 e. The SMILES string of the molecule is c1ccc(NN=C(N=Nc2nc3ccccc3s2)c2ccccc2)cc1. The summed E-state index contributed by atoms with van der Waals surface area (Å²) < 4.78 is 1.09. The summed E-state index contributed by atoms with van der Waals surface area (Å²) in [5, 5.41) is 13.7. The van der Waals surface area contributed by atoms with E-state index in [9.17, 15) is 0 Å². The third kappa shape index (κ3) is 3.81. The van der Waals surface area contributed by atoms with Gasteiger partial charge in [-0.1, -0.05) is 72.0 Å². The Balaban J connectivity index is 1.64. The third-order valence-corrected chi connectivity index (χ3v) is 4.53. The van der Waals surface area contributed by atoms with Crippen LogP contribution in [0, 0.1) is 0 Å². The van der Waals surface area contributed by atoms with Crippen LogP contribution in [0.5, 0.6) is 0 Å². The molecule has 0 aliphatic heterocycles. The van der Waals surface area contributed by atoms with Crippen molar-refractivity contribution in [2.24, 2.45) is 15.3 Å². The zero-order valence-corrected chi connectivity index (χ0v) is 14.6.